The van der Waals surface area contributed by atoms with Crippen LogP contribution in [0.4, 0.5) is 0 Å². The third kappa shape index (κ3) is 8.17. The molecule has 0 amide bonds. The highest BCUT2D eigenvalue weighted by Gasteiger charge is 1.96. The molecule has 0 spiro atoms. The average Bonchev–Trinajstić information content (AvgIpc) is 2.43. The number of unbranched alkanes of at least 4 members (excludes halogenated alkanes) is 3. The quantitative estimate of drug-likeness (QED) is 0.617. The first-order chi connectivity index (χ1) is 9.36. The van der Waals surface area contributed by atoms with E-state index in [1.807, 2.05) is 24.8 Å². The molecule has 0 unspecified atom stereocenters. The summed E-state index contributed by atoms with van der Waals surface area (Å²) in [6.07, 6.45) is 7.52. The fourth-order valence-corrected chi connectivity index (χ4v) is 2.49. The van der Waals surface area contributed by atoms with E-state index >= 15 is 0 Å². The van der Waals surface area contributed by atoms with Gasteiger partial charge in [0.1, 0.15) is 5.75 Å². The van der Waals surface area contributed by atoms with Crippen LogP contribution in [0.2, 0.25) is 0 Å². The monoisotopic (exact) mass is 281 g/mol. The van der Waals surface area contributed by atoms with E-state index in [9.17, 15) is 0 Å². The Kier molecular flexibility index (Phi) is 9.64. The highest BCUT2D eigenvalue weighted by molar-refractivity contribution is 7.98. The summed E-state index contributed by atoms with van der Waals surface area (Å²) in [7, 11) is 0. The summed E-state index contributed by atoms with van der Waals surface area (Å²) in [5, 5.41) is 3.50. The average molecular weight is 281 g/mol. The summed E-state index contributed by atoms with van der Waals surface area (Å²) < 4.78 is 5.50. The second kappa shape index (κ2) is 11.2. The van der Waals surface area contributed by atoms with Gasteiger partial charge in [-0.3, -0.25) is 0 Å². The van der Waals surface area contributed by atoms with Crippen molar-refractivity contribution in [2.24, 2.45) is 0 Å². The van der Waals surface area contributed by atoms with Crippen molar-refractivity contribution in [1.82, 2.24) is 5.32 Å². The van der Waals surface area contributed by atoms with Crippen LogP contribution in [0.1, 0.15) is 38.2 Å². The number of thioether (sulfide) groups is 1. The molecule has 0 aliphatic carbocycles. The molecule has 0 radical (unpaired) electrons. The minimum absolute atomic E-state index is 0.729. The van der Waals surface area contributed by atoms with Crippen LogP contribution in [-0.2, 0) is 6.54 Å². The summed E-state index contributed by atoms with van der Waals surface area (Å²) in [6, 6.07) is 8.34. The van der Waals surface area contributed by atoms with E-state index in [-0.39, 0.29) is 0 Å². The van der Waals surface area contributed by atoms with Gasteiger partial charge in [-0.15, -0.1) is 0 Å². The molecule has 0 fully saturated rings. The van der Waals surface area contributed by atoms with Gasteiger partial charge in [-0.05, 0) is 56.0 Å². The van der Waals surface area contributed by atoms with Gasteiger partial charge >= 0.3 is 0 Å². The number of rotatable bonds is 11. The maximum absolute atomic E-state index is 5.50. The molecule has 0 aliphatic rings. The molecule has 0 bridgehead atoms. The second-order valence-corrected chi connectivity index (χ2v) is 5.65. The summed E-state index contributed by atoms with van der Waals surface area (Å²) >= 11 is 1.94. The molecule has 3 heteroatoms. The molecule has 1 aromatic carbocycles. The fourth-order valence-electron chi connectivity index (χ4n) is 1.99. The molecule has 2 nitrogen and oxygen atoms in total. The minimum Gasteiger partial charge on any atom is -0.494 e. The predicted octanol–water partition coefficient (Wildman–Crippen LogP) is 4.10. The maximum Gasteiger partial charge on any atom is 0.119 e. The lowest BCUT2D eigenvalue weighted by Crippen LogP contribution is -2.14. The van der Waals surface area contributed by atoms with Gasteiger partial charge in [-0.1, -0.05) is 25.0 Å². The Morgan fingerprint density at radius 1 is 1.16 bits per heavy atom. The highest BCUT2D eigenvalue weighted by Crippen LogP contribution is 2.13. The maximum atomic E-state index is 5.50. The number of ether oxygens (including phenoxy) is 1. The van der Waals surface area contributed by atoms with Gasteiger partial charge in [0.2, 0.25) is 0 Å². The van der Waals surface area contributed by atoms with Crippen LogP contribution in [0, 0.1) is 0 Å². The molecule has 1 rings (SSSR count). The van der Waals surface area contributed by atoms with Gasteiger partial charge in [-0.2, -0.15) is 11.8 Å². The van der Waals surface area contributed by atoms with E-state index in [2.05, 4.69) is 29.8 Å². The van der Waals surface area contributed by atoms with Crippen LogP contribution >= 0.6 is 11.8 Å². The van der Waals surface area contributed by atoms with E-state index in [1.54, 1.807) is 0 Å². The van der Waals surface area contributed by atoms with Crippen molar-refractivity contribution in [3.8, 4) is 5.75 Å². The van der Waals surface area contributed by atoms with Gasteiger partial charge < -0.3 is 10.1 Å². The Morgan fingerprint density at radius 3 is 2.79 bits per heavy atom. The van der Waals surface area contributed by atoms with Crippen molar-refractivity contribution in [3.05, 3.63) is 29.8 Å². The zero-order valence-electron chi connectivity index (χ0n) is 12.3. The lowest BCUT2D eigenvalue weighted by molar-refractivity contribution is 0.340. The smallest absolute Gasteiger partial charge is 0.119 e. The molecule has 108 valence electrons. The van der Waals surface area contributed by atoms with Crippen LogP contribution in [-0.4, -0.2) is 25.2 Å². The Hall–Kier alpha value is -0.670. The van der Waals surface area contributed by atoms with E-state index in [0.717, 1.165) is 25.4 Å². The van der Waals surface area contributed by atoms with Crippen LogP contribution in [0.15, 0.2) is 24.3 Å². The topological polar surface area (TPSA) is 21.3 Å². The zero-order valence-corrected chi connectivity index (χ0v) is 13.1. The largest absolute Gasteiger partial charge is 0.494 e. The first-order valence-electron chi connectivity index (χ1n) is 7.28. The third-order valence-electron chi connectivity index (χ3n) is 2.99. The SMILES string of the molecule is CCOc1cccc(CNCCCCCCSC)c1. The van der Waals surface area contributed by atoms with E-state index in [1.165, 1.54) is 37.0 Å². The van der Waals surface area contributed by atoms with Gasteiger partial charge in [-0.25, -0.2) is 0 Å². The second-order valence-electron chi connectivity index (χ2n) is 4.66. The molecule has 19 heavy (non-hydrogen) atoms. The number of hydrogen-bond acceptors (Lipinski definition) is 3. The lowest BCUT2D eigenvalue weighted by Gasteiger charge is -2.07. The van der Waals surface area contributed by atoms with Crippen molar-refractivity contribution >= 4 is 11.8 Å². The standard InChI is InChI=1S/C16H27NOS/c1-3-18-16-10-8-9-15(13-16)14-17-11-6-4-5-7-12-19-2/h8-10,13,17H,3-7,11-12,14H2,1-2H3. The minimum atomic E-state index is 0.729. The molecule has 0 saturated heterocycles. The Morgan fingerprint density at radius 2 is 2.00 bits per heavy atom. The first kappa shape index (κ1) is 16.4. The number of nitrogens with one attached hydrogen (secondary N) is 1. The normalized spacial score (nSPS) is 10.6. The Balaban J connectivity index is 2.07. The van der Waals surface area contributed by atoms with Gasteiger partial charge in [0.15, 0.2) is 0 Å². The molecule has 0 heterocycles. The molecule has 1 N–H and O–H groups in total. The molecular weight excluding hydrogens is 254 g/mol. The highest BCUT2D eigenvalue weighted by atomic mass is 32.2. The predicted molar refractivity (Wildman–Crippen MR) is 86.2 cm³/mol. The summed E-state index contributed by atoms with van der Waals surface area (Å²) in [5.74, 6) is 2.27. The van der Waals surface area contributed by atoms with Crippen LogP contribution < -0.4 is 10.1 Å². The van der Waals surface area contributed by atoms with E-state index in [4.69, 9.17) is 4.74 Å². The third-order valence-corrected chi connectivity index (χ3v) is 3.69. The van der Waals surface area contributed by atoms with Crippen LogP contribution in [0.3, 0.4) is 0 Å². The van der Waals surface area contributed by atoms with Crippen LogP contribution in [0.25, 0.3) is 0 Å². The zero-order chi connectivity index (χ0) is 13.8. The van der Waals surface area contributed by atoms with Crippen molar-refractivity contribution < 1.29 is 4.74 Å². The summed E-state index contributed by atoms with van der Waals surface area (Å²) in [5.41, 5.74) is 1.30. The van der Waals surface area contributed by atoms with Crippen LogP contribution in [0.5, 0.6) is 5.75 Å². The van der Waals surface area contributed by atoms with E-state index < -0.39 is 0 Å². The van der Waals surface area contributed by atoms with E-state index in [0.29, 0.717) is 0 Å². The molecule has 0 aromatic heterocycles. The van der Waals surface area contributed by atoms with Gasteiger partial charge in [0.25, 0.3) is 0 Å². The molecule has 0 atom stereocenters. The number of benzene rings is 1. The Bertz CT molecular complexity index is 330. The van der Waals surface area contributed by atoms with Gasteiger partial charge in [0, 0.05) is 6.54 Å². The molecular formula is C16H27NOS. The lowest BCUT2D eigenvalue weighted by atomic mass is 10.2. The Labute approximate surface area is 122 Å². The fraction of sp³-hybridized carbons (Fsp3) is 0.625. The summed E-state index contributed by atoms with van der Waals surface area (Å²) in [6.45, 7) is 4.79. The molecule has 0 aliphatic heterocycles. The van der Waals surface area contributed by atoms with Crippen molar-refractivity contribution in [2.45, 2.75) is 39.2 Å². The number of hydrogen-bond donors (Lipinski definition) is 1. The first-order valence-corrected chi connectivity index (χ1v) is 8.67. The van der Waals surface area contributed by atoms with Crippen molar-refractivity contribution in [3.63, 3.8) is 0 Å². The molecule has 0 saturated carbocycles. The van der Waals surface area contributed by atoms with Gasteiger partial charge in [0.05, 0.1) is 6.61 Å². The van der Waals surface area contributed by atoms with Crippen molar-refractivity contribution in [2.75, 3.05) is 25.2 Å². The van der Waals surface area contributed by atoms with Crippen molar-refractivity contribution in [1.29, 1.82) is 0 Å². The summed E-state index contributed by atoms with van der Waals surface area (Å²) in [4.78, 5) is 0. The molecule has 1 aromatic rings.